The van der Waals surface area contributed by atoms with Gasteiger partial charge in [0.2, 0.25) is 0 Å². The molecule has 0 saturated carbocycles. The first-order chi connectivity index (χ1) is 12.1. The molecule has 6 heteroatoms. The number of carbonyl (C=O) groups excluding carboxylic acids is 1. The second-order valence-corrected chi connectivity index (χ2v) is 6.36. The van der Waals surface area contributed by atoms with E-state index in [9.17, 15) is 9.59 Å². The van der Waals surface area contributed by atoms with Gasteiger partial charge >= 0.3 is 5.63 Å². The average molecular weight is 395 g/mol. The molecule has 0 aliphatic heterocycles. The second kappa shape index (κ2) is 6.14. The van der Waals surface area contributed by atoms with Crippen molar-refractivity contribution in [1.29, 1.82) is 0 Å². The summed E-state index contributed by atoms with van der Waals surface area (Å²) in [7, 11) is 0. The van der Waals surface area contributed by atoms with E-state index in [1.807, 2.05) is 12.1 Å². The Morgan fingerprint density at radius 2 is 1.84 bits per heavy atom. The molecule has 0 spiro atoms. The van der Waals surface area contributed by atoms with E-state index in [0.29, 0.717) is 22.4 Å². The number of halogens is 1. The number of benzene rings is 2. The van der Waals surface area contributed by atoms with E-state index < -0.39 is 5.63 Å². The van der Waals surface area contributed by atoms with Crippen LogP contribution in [0.5, 0.6) is 0 Å². The van der Waals surface area contributed by atoms with Gasteiger partial charge in [-0.25, -0.2) is 9.48 Å². The summed E-state index contributed by atoms with van der Waals surface area (Å²) >= 11 is 3.40. The molecule has 0 fully saturated rings. The first-order valence-electron chi connectivity index (χ1n) is 7.51. The van der Waals surface area contributed by atoms with E-state index >= 15 is 0 Å². The third-order valence-corrected chi connectivity index (χ3v) is 4.28. The summed E-state index contributed by atoms with van der Waals surface area (Å²) in [6.07, 6.45) is 1.54. The molecule has 0 aliphatic rings. The maximum atomic E-state index is 12.4. The summed E-state index contributed by atoms with van der Waals surface area (Å²) in [5.74, 6) is -0.264. The Kier molecular flexibility index (Phi) is 3.82. The fraction of sp³-hybridized carbons (Fsp3) is 0. The van der Waals surface area contributed by atoms with Gasteiger partial charge in [0.15, 0.2) is 0 Å². The van der Waals surface area contributed by atoms with Crippen LogP contribution >= 0.6 is 15.9 Å². The van der Waals surface area contributed by atoms with E-state index in [1.54, 1.807) is 48.5 Å². The Balaban J connectivity index is 1.77. The summed E-state index contributed by atoms with van der Waals surface area (Å²) in [5, 5.41) is 5.01. The van der Waals surface area contributed by atoms with Crippen molar-refractivity contribution >= 4 is 32.8 Å². The number of rotatable bonds is 2. The van der Waals surface area contributed by atoms with Crippen LogP contribution in [0.15, 0.2) is 80.5 Å². The molecule has 0 amide bonds. The molecule has 0 bridgehead atoms. The second-order valence-electron chi connectivity index (χ2n) is 5.45. The molecule has 0 unspecified atom stereocenters. The van der Waals surface area contributed by atoms with Crippen molar-refractivity contribution in [3.63, 3.8) is 0 Å². The van der Waals surface area contributed by atoms with Crippen LogP contribution in [0.25, 0.3) is 22.2 Å². The minimum Gasteiger partial charge on any atom is -0.422 e. The zero-order valence-electron chi connectivity index (χ0n) is 12.8. The fourth-order valence-electron chi connectivity index (χ4n) is 2.57. The van der Waals surface area contributed by atoms with E-state index in [0.717, 1.165) is 9.86 Å². The largest absolute Gasteiger partial charge is 0.422 e. The zero-order valence-corrected chi connectivity index (χ0v) is 14.4. The van der Waals surface area contributed by atoms with Gasteiger partial charge in [-0.1, -0.05) is 34.1 Å². The zero-order chi connectivity index (χ0) is 17.4. The third-order valence-electron chi connectivity index (χ3n) is 3.79. The lowest BCUT2D eigenvalue weighted by Gasteiger charge is -2.01. The van der Waals surface area contributed by atoms with Crippen molar-refractivity contribution in [2.75, 3.05) is 0 Å². The van der Waals surface area contributed by atoms with Gasteiger partial charge in [-0.15, -0.1) is 0 Å². The monoisotopic (exact) mass is 394 g/mol. The number of hydrogen-bond acceptors (Lipinski definition) is 4. The Bertz CT molecular complexity index is 1150. The van der Waals surface area contributed by atoms with Gasteiger partial charge in [0.05, 0.1) is 5.56 Å². The Morgan fingerprint density at radius 1 is 1.04 bits per heavy atom. The van der Waals surface area contributed by atoms with E-state index in [2.05, 4.69) is 21.0 Å². The van der Waals surface area contributed by atoms with Crippen molar-refractivity contribution in [2.24, 2.45) is 0 Å². The predicted molar refractivity (Wildman–Crippen MR) is 97.6 cm³/mol. The van der Waals surface area contributed by atoms with Crippen molar-refractivity contribution in [2.45, 2.75) is 0 Å². The molecule has 2 aromatic heterocycles. The van der Waals surface area contributed by atoms with Gasteiger partial charge in [0.25, 0.3) is 5.91 Å². The van der Waals surface area contributed by atoms with Crippen LogP contribution in [-0.4, -0.2) is 15.7 Å². The summed E-state index contributed by atoms with van der Waals surface area (Å²) in [6, 6.07) is 17.6. The van der Waals surface area contributed by atoms with Gasteiger partial charge in [-0.2, -0.15) is 5.10 Å². The van der Waals surface area contributed by atoms with Crippen LogP contribution in [0.4, 0.5) is 0 Å². The standard InChI is InChI=1S/C19H11BrN2O3/c20-14-6-7-17-13(10-14)11-15(19(24)25-17)16-8-9-22(21-16)18(23)12-4-2-1-3-5-12/h1-11H. The summed E-state index contributed by atoms with van der Waals surface area (Å²) in [4.78, 5) is 24.7. The van der Waals surface area contributed by atoms with Crippen LogP contribution in [0.3, 0.4) is 0 Å². The van der Waals surface area contributed by atoms with Crippen LogP contribution in [0, 0.1) is 0 Å². The summed E-state index contributed by atoms with van der Waals surface area (Å²) < 4.78 is 7.44. The molecular formula is C19H11BrN2O3. The molecule has 4 aromatic rings. The SMILES string of the molecule is O=C(c1ccccc1)n1ccc(-c2cc3cc(Br)ccc3oc2=O)n1. The average Bonchev–Trinajstić information content (AvgIpc) is 3.11. The molecule has 2 aromatic carbocycles. The van der Waals surface area contributed by atoms with Crippen molar-refractivity contribution < 1.29 is 9.21 Å². The van der Waals surface area contributed by atoms with E-state index in [1.165, 1.54) is 10.9 Å². The van der Waals surface area contributed by atoms with Crippen molar-refractivity contribution in [3.8, 4) is 11.3 Å². The molecule has 4 rings (SSSR count). The molecule has 2 heterocycles. The van der Waals surface area contributed by atoms with Gasteiger partial charge in [0.1, 0.15) is 11.3 Å². The fourth-order valence-corrected chi connectivity index (χ4v) is 2.95. The molecular weight excluding hydrogens is 384 g/mol. The van der Waals surface area contributed by atoms with Crippen LogP contribution in [-0.2, 0) is 0 Å². The highest BCUT2D eigenvalue weighted by molar-refractivity contribution is 9.10. The Morgan fingerprint density at radius 3 is 2.64 bits per heavy atom. The normalized spacial score (nSPS) is 10.9. The molecule has 25 heavy (non-hydrogen) atoms. The molecule has 122 valence electrons. The molecule has 0 saturated heterocycles. The van der Waals surface area contributed by atoms with Crippen LogP contribution < -0.4 is 5.63 Å². The van der Waals surface area contributed by atoms with Crippen molar-refractivity contribution in [3.05, 3.63) is 87.3 Å². The van der Waals surface area contributed by atoms with Gasteiger partial charge in [-0.3, -0.25) is 4.79 Å². The highest BCUT2D eigenvalue weighted by atomic mass is 79.9. The maximum Gasteiger partial charge on any atom is 0.345 e. The van der Waals surface area contributed by atoms with E-state index in [4.69, 9.17) is 4.42 Å². The van der Waals surface area contributed by atoms with Crippen LogP contribution in [0.2, 0.25) is 0 Å². The Hall–Kier alpha value is -2.99. The molecule has 0 N–H and O–H groups in total. The summed E-state index contributed by atoms with van der Waals surface area (Å²) in [5.41, 5.74) is 1.22. The third kappa shape index (κ3) is 2.92. The lowest BCUT2D eigenvalue weighted by atomic mass is 10.1. The maximum absolute atomic E-state index is 12.4. The highest BCUT2D eigenvalue weighted by Gasteiger charge is 2.14. The minimum absolute atomic E-state index is 0.264. The molecule has 0 atom stereocenters. The smallest absolute Gasteiger partial charge is 0.345 e. The Labute approximate surface area is 150 Å². The van der Waals surface area contributed by atoms with E-state index in [-0.39, 0.29) is 5.91 Å². The number of aromatic nitrogens is 2. The quantitative estimate of drug-likeness (QED) is 0.480. The van der Waals surface area contributed by atoms with Crippen molar-refractivity contribution in [1.82, 2.24) is 9.78 Å². The highest BCUT2D eigenvalue weighted by Crippen LogP contribution is 2.23. The first kappa shape index (κ1) is 15.5. The van der Waals surface area contributed by atoms with Gasteiger partial charge in [0, 0.05) is 21.6 Å². The topological polar surface area (TPSA) is 65.1 Å². The van der Waals surface area contributed by atoms with Gasteiger partial charge in [-0.05, 0) is 42.5 Å². The number of hydrogen-bond donors (Lipinski definition) is 0. The number of nitrogens with zero attached hydrogens (tertiary/aromatic N) is 2. The minimum atomic E-state index is -0.493. The lowest BCUT2D eigenvalue weighted by Crippen LogP contribution is -2.13. The number of fused-ring (bicyclic) bond motifs is 1. The molecule has 0 aliphatic carbocycles. The molecule has 5 nitrogen and oxygen atoms in total. The lowest BCUT2D eigenvalue weighted by molar-refractivity contribution is 0.0945. The summed E-state index contributed by atoms with van der Waals surface area (Å²) in [6.45, 7) is 0. The predicted octanol–water partition coefficient (Wildman–Crippen LogP) is 4.11. The van der Waals surface area contributed by atoms with Crippen LogP contribution in [0.1, 0.15) is 10.4 Å². The first-order valence-corrected chi connectivity index (χ1v) is 8.30. The number of carbonyl (C=O) groups is 1. The van der Waals surface area contributed by atoms with Gasteiger partial charge < -0.3 is 4.42 Å². The molecule has 0 radical (unpaired) electrons.